The molecule has 0 bridgehead atoms. The first kappa shape index (κ1) is 19.6. The van der Waals surface area contributed by atoms with Crippen LogP contribution in [-0.2, 0) is 14.8 Å². The summed E-state index contributed by atoms with van der Waals surface area (Å²) in [5.41, 5.74) is 1.10. The molecule has 4 N–H and O–H groups in total. The van der Waals surface area contributed by atoms with Crippen LogP contribution >= 0.6 is 0 Å². The van der Waals surface area contributed by atoms with Gasteiger partial charge < -0.3 is 20.3 Å². The Morgan fingerprint density at radius 3 is 2.57 bits per heavy atom. The highest BCUT2D eigenvalue weighted by Gasteiger charge is 2.31. The van der Waals surface area contributed by atoms with Crippen LogP contribution in [0, 0.1) is 0 Å². The summed E-state index contributed by atoms with van der Waals surface area (Å²) in [5.74, 6) is 0.540. The SMILES string of the molecule is COc1cccc(N2C[C@H](NC(=O)Nc3ccc(S(N)(=O)=O)cc3)CC2=O)c1. The maximum absolute atomic E-state index is 12.3. The lowest BCUT2D eigenvalue weighted by Gasteiger charge is -2.18. The number of hydrogen-bond donors (Lipinski definition) is 3. The Kier molecular flexibility index (Phi) is 5.52. The molecule has 10 heteroatoms. The Bertz CT molecular complexity index is 991. The monoisotopic (exact) mass is 404 g/mol. The fourth-order valence-corrected chi connectivity index (χ4v) is 3.43. The number of urea groups is 1. The van der Waals surface area contributed by atoms with E-state index in [1.807, 2.05) is 0 Å². The van der Waals surface area contributed by atoms with E-state index in [2.05, 4.69) is 10.6 Å². The van der Waals surface area contributed by atoms with Crippen molar-refractivity contribution in [3.63, 3.8) is 0 Å². The van der Waals surface area contributed by atoms with Crippen molar-refractivity contribution in [3.8, 4) is 5.75 Å². The molecule has 1 saturated heterocycles. The molecule has 9 nitrogen and oxygen atoms in total. The van der Waals surface area contributed by atoms with Crippen molar-refractivity contribution in [1.82, 2.24) is 5.32 Å². The van der Waals surface area contributed by atoms with E-state index in [0.29, 0.717) is 23.7 Å². The molecule has 1 heterocycles. The number of ether oxygens (including phenoxy) is 1. The number of nitrogens with one attached hydrogen (secondary N) is 2. The third kappa shape index (κ3) is 4.59. The zero-order chi connectivity index (χ0) is 20.3. The number of nitrogens with two attached hydrogens (primary N) is 1. The van der Waals surface area contributed by atoms with Gasteiger partial charge in [-0.05, 0) is 36.4 Å². The first-order chi connectivity index (χ1) is 13.3. The van der Waals surface area contributed by atoms with Crippen molar-refractivity contribution < 1.29 is 22.7 Å². The molecule has 3 amide bonds. The molecule has 0 unspecified atom stereocenters. The van der Waals surface area contributed by atoms with Gasteiger partial charge in [-0.3, -0.25) is 4.79 Å². The molecule has 1 aliphatic rings. The van der Waals surface area contributed by atoms with Gasteiger partial charge in [0.15, 0.2) is 0 Å². The van der Waals surface area contributed by atoms with Crippen LogP contribution in [0.15, 0.2) is 53.4 Å². The van der Waals surface area contributed by atoms with Crippen LogP contribution in [0.25, 0.3) is 0 Å². The highest BCUT2D eigenvalue weighted by atomic mass is 32.2. The fourth-order valence-electron chi connectivity index (χ4n) is 2.91. The largest absolute Gasteiger partial charge is 0.497 e. The van der Waals surface area contributed by atoms with Crippen molar-refractivity contribution >= 4 is 33.3 Å². The fraction of sp³-hybridized carbons (Fsp3) is 0.222. The van der Waals surface area contributed by atoms with E-state index in [4.69, 9.17) is 9.88 Å². The lowest BCUT2D eigenvalue weighted by molar-refractivity contribution is -0.117. The minimum Gasteiger partial charge on any atom is -0.497 e. The quantitative estimate of drug-likeness (QED) is 0.691. The summed E-state index contributed by atoms with van der Waals surface area (Å²) in [5, 5.41) is 10.4. The van der Waals surface area contributed by atoms with E-state index in [1.165, 1.54) is 24.3 Å². The second-order valence-electron chi connectivity index (χ2n) is 6.27. The van der Waals surface area contributed by atoms with E-state index >= 15 is 0 Å². The number of hydrogen-bond acceptors (Lipinski definition) is 5. The second-order valence-corrected chi connectivity index (χ2v) is 7.84. The molecule has 1 atom stereocenters. The zero-order valence-electron chi connectivity index (χ0n) is 15.1. The second kappa shape index (κ2) is 7.87. The van der Waals surface area contributed by atoms with Crippen LogP contribution in [0.1, 0.15) is 6.42 Å². The Morgan fingerprint density at radius 2 is 1.93 bits per heavy atom. The number of nitrogens with zero attached hydrogens (tertiary/aromatic N) is 1. The van der Waals surface area contributed by atoms with Gasteiger partial charge in [0.1, 0.15) is 5.75 Å². The Labute approximate surface area is 162 Å². The Balaban J connectivity index is 1.60. The normalized spacial score (nSPS) is 16.7. The van der Waals surface area contributed by atoms with Crippen molar-refractivity contribution in [3.05, 3.63) is 48.5 Å². The molecule has 1 fully saturated rings. The van der Waals surface area contributed by atoms with E-state index in [-0.39, 0.29) is 23.3 Å². The van der Waals surface area contributed by atoms with Gasteiger partial charge in [0.25, 0.3) is 0 Å². The van der Waals surface area contributed by atoms with Gasteiger partial charge in [-0.25, -0.2) is 18.4 Å². The van der Waals surface area contributed by atoms with Gasteiger partial charge in [-0.2, -0.15) is 0 Å². The minimum absolute atomic E-state index is 0.0474. The average molecular weight is 404 g/mol. The van der Waals surface area contributed by atoms with Crippen molar-refractivity contribution in [2.45, 2.75) is 17.4 Å². The van der Waals surface area contributed by atoms with Crippen LogP contribution in [0.4, 0.5) is 16.2 Å². The van der Waals surface area contributed by atoms with Gasteiger partial charge >= 0.3 is 6.03 Å². The van der Waals surface area contributed by atoms with Crippen molar-refractivity contribution in [2.75, 3.05) is 23.9 Å². The number of carbonyl (C=O) groups is 2. The molecular formula is C18H20N4O5S. The van der Waals surface area contributed by atoms with Crippen LogP contribution in [0.5, 0.6) is 5.75 Å². The molecule has 0 aromatic heterocycles. The molecular weight excluding hydrogens is 384 g/mol. The summed E-state index contributed by atoms with van der Waals surface area (Å²) in [7, 11) is -2.24. The van der Waals surface area contributed by atoms with E-state index < -0.39 is 16.1 Å². The lowest BCUT2D eigenvalue weighted by atomic mass is 10.2. The molecule has 28 heavy (non-hydrogen) atoms. The molecule has 0 saturated carbocycles. The summed E-state index contributed by atoms with van der Waals surface area (Å²) >= 11 is 0. The standard InChI is InChI=1S/C18H20N4O5S/c1-27-15-4-2-3-14(10-15)22-11-13(9-17(22)23)21-18(24)20-12-5-7-16(8-6-12)28(19,25)26/h2-8,10,13H,9,11H2,1H3,(H2,19,25,26)(H2,20,21,24)/t13-/m1/s1. The number of amides is 3. The summed E-state index contributed by atoms with van der Waals surface area (Å²) in [4.78, 5) is 26.0. The molecule has 2 aromatic carbocycles. The first-order valence-corrected chi connectivity index (χ1v) is 9.96. The molecule has 2 aromatic rings. The molecule has 148 valence electrons. The molecule has 3 rings (SSSR count). The molecule has 0 spiro atoms. The smallest absolute Gasteiger partial charge is 0.319 e. The molecule has 0 aliphatic carbocycles. The number of anilines is 2. The molecule has 1 aliphatic heterocycles. The first-order valence-electron chi connectivity index (χ1n) is 8.41. The minimum atomic E-state index is -3.79. The van der Waals surface area contributed by atoms with Crippen LogP contribution in [0.3, 0.4) is 0 Å². The van der Waals surface area contributed by atoms with E-state index in [1.54, 1.807) is 36.3 Å². The predicted molar refractivity (Wildman–Crippen MR) is 104 cm³/mol. The maximum Gasteiger partial charge on any atom is 0.319 e. The van der Waals surface area contributed by atoms with Gasteiger partial charge in [0, 0.05) is 30.4 Å². The van der Waals surface area contributed by atoms with Crippen LogP contribution in [-0.4, -0.2) is 40.1 Å². The predicted octanol–water partition coefficient (Wildman–Crippen LogP) is 1.27. The number of primary sulfonamides is 1. The highest BCUT2D eigenvalue weighted by Crippen LogP contribution is 2.25. The number of rotatable bonds is 5. The third-order valence-electron chi connectivity index (χ3n) is 4.27. The number of sulfonamides is 1. The van der Waals surface area contributed by atoms with Crippen molar-refractivity contribution in [1.29, 1.82) is 0 Å². The number of carbonyl (C=O) groups excluding carboxylic acids is 2. The summed E-state index contributed by atoms with van der Waals surface area (Å²) in [6.07, 6.45) is 0.176. The van der Waals surface area contributed by atoms with Crippen molar-refractivity contribution in [2.24, 2.45) is 5.14 Å². The van der Waals surface area contributed by atoms with Gasteiger partial charge in [0.2, 0.25) is 15.9 Å². The highest BCUT2D eigenvalue weighted by molar-refractivity contribution is 7.89. The number of benzene rings is 2. The number of methoxy groups -OCH3 is 1. The average Bonchev–Trinajstić information content (AvgIpc) is 3.01. The maximum atomic E-state index is 12.3. The van der Waals surface area contributed by atoms with Crippen LogP contribution < -0.4 is 25.4 Å². The summed E-state index contributed by atoms with van der Waals surface area (Å²) < 4.78 is 27.7. The summed E-state index contributed by atoms with van der Waals surface area (Å²) in [6, 6.07) is 11.8. The van der Waals surface area contributed by atoms with Gasteiger partial charge in [-0.15, -0.1) is 0 Å². The van der Waals surface area contributed by atoms with Crippen LogP contribution in [0.2, 0.25) is 0 Å². The van der Waals surface area contributed by atoms with Gasteiger partial charge in [-0.1, -0.05) is 6.07 Å². The Hall–Kier alpha value is -3.11. The third-order valence-corrected chi connectivity index (χ3v) is 5.20. The zero-order valence-corrected chi connectivity index (χ0v) is 15.9. The Morgan fingerprint density at radius 1 is 1.21 bits per heavy atom. The molecule has 0 radical (unpaired) electrons. The summed E-state index contributed by atoms with van der Waals surface area (Å²) in [6.45, 7) is 0.337. The van der Waals surface area contributed by atoms with Gasteiger partial charge in [0.05, 0.1) is 18.0 Å². The topological polar surface area (TPSA) is 131 Å². The lowest BCUT2D eigenvalue weighted by Crippen LogP contribution is -2.39. The van der Waals surface area contributed by atoms with E-state index in [0.717, 1.165) is 0 Å². The van der Waals surface area contributed by atoms with E-state index in [9.17, 15) is 18.0 Å².